The summed E-state index contributed by atoms with van der Waals surface area (Å²) in [6.07, 6.45) is 0.0190. The molecule has 2 fully saturated rings. The summed E-state index contributed by atoms with van der Waals surface area (Å²) in [4.78, 5) is 19.2. The second-order valence-corrected chi connectivity index (χ2v) is 12.2. The van der Waals surface area contributed by atoms with Crippen molar-refractivity contribution in [2.45, 2.75) is 62.0 Å². The minimum atomic E-state index is -4.52. The van der Waals surface area contributed by atoms with Gasteiger partial charge >= 0.3 is 6.18 Å². The molecule has 1 atom stereocenters. The van der Waals surface area contributed by atoms with Crippen LogP contribution in [0.15, 0.2) is 59.9 Å². The molecule has 0 spiro atoms. The Balaban J connectivity index is 1.45. The van der Waals surface area contributed by atoms with E-state index < -0.39 is 39.1 Å². The monoisotopic (exact) mass is 579 g/mol. The average Bonchev–Trinajstić information content (AvgIpc) is 3.40. The van der Waals surface area contributed by atoms with Crippen molar-refractivity contribution in [2.24, 2.45) is 5.92 Å². The minimum absolute atomic E-state index is 0.00525. The molecule has 7 nitrogen and oxygen atoms in total. The molecule has 0 bridgehead atoms. The highest BCUT2D eigenvalue weighted by Gasteiger charge is 2.33. The van der Waals surface area contributed by atoms with E-state index in [0.717, 1.165) is 49.9 Å². The van der Waals surface area contributed by atoms with Gasteiger partial charge in [-0.1, -0.05) is 18.2 Å². The summed E-state index contributed by atoms with van der Waals surface area (Å²) >= 11 is 0. The van der Waals surface area contributed by atoms with E-state index in [9.17, 15) is 30.8 Å². The number of aromatic nitrogens is 2. The normalized spacial score (nSPS) is 17.8. The fourth-order valence-corrected chi connectivity index (χ4v) is 6.36. The summed E-state index contributed by atoms with van der Waals surface area (Å²) in [6.45, 7) is 1.12. The number of nitrogens with zero attached hydrogens (tertiary/aromatic N) is 3. The quantitative estimate of drug-likeness (QED) is 0.307. The molecule has 1 aliphatic heterocycles. The Morgan fingerprint density at radius 2 is 1.80 bits per heavy atom. The molecule has 1 saturated carbocycles. The SMILES string of the molecule is O=C(c1ccc(C(F)(F)F)cc1)N(Cc1cnc(S(=O)(=O)Cc2ccccc2F)n1CC1CCCO1)CC1CC1. The van der Waals surface area contributed by atoms with E-state index in [0.29, 0.717) is 18.8 Å². The van der Waals surface area contributed by atoms with E-state index in [-0.39, 0.29) is 41.4 Å². The molecule has 1 aliphatic carbocycles. The molecular formula is C28H29F4N3O4S. The van der Waals surface area contributed by atoms with Gasteiger partial charge in [0.2, 0.25) is 15.0 Å². The number of benzene rings is 2. The van der Waals surface area contributed by atoms with Crippen molar-refractivity contribution >= 4 is 15.7 Å². The predicted molar refractivity (Wildman–Crippen MR) is 137 cm³/mol. The minimum Gasteiger partial charge on any atom is -0.376 e. The van der Waals surface area contributed by atoms with Gasteiger partial charge in [0.25, 0.3) is 5.91 Å². The topological polar surface area (TPSA) is 81.5 Å². The van der Waals surface area contributed by atoms with Crippen LogP contribution in [0.5, 0.6) is 0 Å². The van der Waals surface area contributed by atoms with Crippen molar-refractivity contribution in [3.8, 4) is 0 Å². The Morgan fingerprint density at radius 1 is 1.07 bits per heavy atom. The maximum Gasteiger partial charge on any atom is 0.416 e. The molecule has 5 rings (SSSR count). The van der Waals surface area contributed by atoms with Crippen LogP contribution in [0.4, 0.5) is 17.6 Å². The first-order valence-electron chi connectivity index (χ1n) is 13.1. The van der Waals surface area contributed by atoms with Crippen molar-refractivity contribution in [2.75, 3.05) is 13.2 Å². The number of amides is 1. The van der Waals surface area contributed by atoms with E-state index in [1.54, 1.807) is 6.07 Å². The number of imidazole rings is 1. The summed E-state index contributed by atoms with van der Waals surface area (Å²) in [5, 5.41) is -0.241. The zero-order valence-electron chi connectivity index (χ0n) is 21.6. The maximum absolute atomic E-state index is 14.3. The van der Waals surface area contributed by atoms with E-state index in [1.807, 2.05) is 0 Å². The molecule has 40 heavy (non-hydrogen) atoms. The number of hydrogen-bond donors (Lipinski definition) is 0. The van der Waals surface area contributed by atoms with Gasteiger partial charge in [0.15, 0.2) is 0 Å². The van der Waals surface area contributed by atoms with Gasteiger partial charge in [-0.05, 0) is 61.9 Å². The highest BCUT2D eigenvalue weighted by Crippen LogP contribution is 2.32. The van der Waals surface area contributed by atoms with Crippen molar-refractivity contribution in [3.05, 3.63) is 82.9 Å². The van der Waals surface area contributed by atoms with Crippen LogP contribution in [0.3, 0.4) is 0 Å². The lowest BCUT2D eigenvalue weighted by atomic mass is 10.1. The fourth-order valence-electron chi connectivity index (χ4n) is 4.85. The van der Waals surface area contributed by atoms with E-state index >= 15 is 0 Å². The van der Waals surface area contributed by atoms with Gasteiger partial charge in [-0.25, -0.2) is 17.8 Å². The molecule has 12 heteroatoms. The summed E-state index contributed by atoms with van der Waals surface area (Å²) < 4.78 is 87.5. The van der Waals surface area contributed by atoms with E-state index in [2.05, 4.69) is 4.98 Å². The lowest BCUT2D eigenvalue weighted by molar-refractivity contribution is -0.137. The smallest absolute Gasteiger partial charge is 0.376 e. The Morgan fingerprint density at radius 3 is 2.42 bits per heavy atom. The summed E-state index contributed by atoms with van der Waals surface area (Å²) in [6, 6.07) is 9.68. The molecule has 2 aromatic carbocycles. The molecule has 214 valence electrons. The Hall–Kier alpha value is -3.25. The Bertz CT molecular complexity index is 1460. The highest BCUT2D eigenvalue weighted by molar-refractivity contribution is 7.90. The van der Waals surface area contributed by atoms with Gasteiger partial charge in [-0.3, -0.25) is 4.79 Å². The van der Waals surface area contributed by atoms with Crippen molar-refractivity contribution in [1.29, 1.82) is 0 Å². The molecule has 3 aromatic rings. The summed E-state index contributed by atoms with van der Waals surface area (Å²) in [7, 11) is -4.08. The zero-order valence-corrected chi connectivity index (χ0v) is 22.4. The number of sulfone groups is 1. The molecule has 0 radical (unpaired) electrons. The standard InChI is InChI=1S/C28H29F4N3O4S/c29-25-6-2-1-4-21(25)18-40(37,38)27-33-14-23(35(27)17-24-5-3-13-39-24)16-34(15-19-7-8-19)26(36)20-9-11-22(12-10-20)28(30,31)32/h1-2,4,6,9-12,14,19,24H,3,5,7-8,13,15-18H2. The lowest BCUT2D eigenvalue weighted by Gasteiger charge is -2.24. The van der Waals surface area contributed by atoms with Crippen LogP contribution in [0, 0.1) is 11.7 Å². The predicted octanol–water partition coefficient (Wildman–Crippen LogP) is 5.25. The Labute approximate surface area is 229 Å². The Kier molecular flexibility index (Phi) is 8.01. The number of alkyl halides is 3. The molecule has 1 saturated heterocycles. The van der Waals surface area contributed by atoms with Crippen molar-refractivity contribution in [3.63, 3.8) is 0 Å². The van der Waals surface area contributed by atoms with E-state index in [4.69, 9.17) is 4.74 Å². The third-order valence-corrected chi connectivity index (χ3v) is 8.74. The van der Waals surface area contributed by atoms with Crippen molar-refractivity contribution < 1.29 is 35.5 Å². The van der Waals surface area contributed by atoms with Crippen LogP contribution in [0.1, 0.15) is 52.9 Å². The molecule has 1 amide bonds. The highest BCUT2D eigenvalue weighted by atomic mass is 32.2. The van der Waals surface area contributed by atoms with Crippen LogP contribution in [0.2, 0.25) is 0 Å². The molecule has 0 N–H and O–H groups in total. The average molecular weight is 580 g/mol. The zero-order chi connectivity index (χ0) is 28.5. The maximum atomic E-state index is 14.3. The van der Waals surface area contributed by atoms with Crippen LogP contribution >= 0.6 is 0 Å². The first-order chi connectivity index (χ1) is 19.0. The number of carbonyl (C=O) groups is 1. The number of carbonyl (C=O) groups excluding carboxylic acids is 1. The fraction of sp³-hybridized carbons (Fsp3) is 0.429. The van der Waals surface area contributed by atoms with E-state index in [1.165, 1.54) is 33.9 Å². The lowest BCUT2D eigenvalue weighted by Crippen LogP contribution is -2.34. The van der Waals surface area contributed by atoms with Crippen LogP contribution in [0.25, 0.3) is 0 Å². The van der Waals surface area contributed by atoms with Gasteiger partial charge in [-0.15, -0.1) is 0 Å². The molecule has 2 aliphatic rings. The largest absolute Gasteiger partial charge is 0.416 e. The van der Waals surface area contributed by atoms with Crippen LogP contribution in [-0.4, -0.2) is 48.0 Å². The molecule has 1 unspecified atom stereocenters. The van der Waals surface area contributed by atoms with Crippen molar-refractivity contribution in [1.82, 2.24) is 14.5 Å². The molecular weight excluding hydrogens is 550 g/mol. The van der Waals surface area contributed by atoms with Crippen LogP contribution in [-0.2, 0) is 39.6 Å². The first-order valence-corrected chi connectivity index (χ1v) is 14.7. The van der Waals surface area contributed by atoms with Gasteiger partial charge in [0.1, 0.15) is 5.82 Å². The molecule has 2 heterocycles. The number of ether oxygens (including phenoxy) is 1. The summed E-state index contributed by atoms with van der Waals surface area (Å²) in [5.41, 5.74) is -0.282. The van der Waals surface area contributed by atoms with Gasteiger partial charge in [-0.2, -0.15) is 13.2 Å². The third kappa shape index (κ3) is 6.55. The van der Waals surface area contributed by atoms with Gasteiger partial charge in [0.05, 0.1) is 42.4 Å². The van der Waals surface area contributed by atoms with Gasteiger partial charge < -0.3 is 14.2 Å². The first kappa shape index (κ1) is 28.3. The van der Waals surface area contributed by atoms with Gasteiger partial charge in [0, 0.05) is 24.3 Å². The summed E-state index contributed by atoms with van der Waals surface area (Å²) in [5.74, 6) is -1.42. The number of rotatable bonds is 10. The molecule has 1 aromatic heterocycles. The second kappa shape index (κ2) is 11.3. The van der Waals surface area contributed by atoms with Crippen LogP contribution < -0.4 is 0 Å². The second-order valence-electron chi connectivity index (χ2n) is 10.3. The third-order valence-electron chi connectivity index (χ3n) is 7.17. The number of halogens is 4. The number of hydrogen-bond acceptors (Lipinski definition) is 5.